The van der Waals surface area contributed by atoms with Crippen LogP contribution in [0.2, 0.25) is 0 Å². The number of nitrogens with one attached hydrogen (secondary N) is 1. The van der Waals surface area contributed by atoms with Crippen molar-refractivity contribution < 1.29 is 9.53 Å². The zero-order valence-electron chi connectivity index (χ0n) is 9.15. The van der Waals surface area contributed by atoms with Crippen LogP contribution in [0.3, 0.4) is 0 Å². The summed E-state index contributed by atoms with van der Waals surface area (Å²) in [6, 6.07) is 9.03. The third kappa shape index (κ3) is 2.61. The van der Waals surface area contributed by atoms with E-state index in [4.69, 9.17) is 10.00 Å². The zero-order chi connectivity index (χ0) is 12.0. The van der Waals surface area contributed by atoms with Crippen LogP contribution in [0.1, 0.15) is 5.56 Å². The van der Waals surface area contributed by atoms with E-state index in [-0.39, 0.29) is 5.57 Å². The Labute approximate surface area is 94.1 Å². The van der Waals surface area contributed by atoms with Gasteiger partial charge in [0.2, 0.25) is 0 Å². The smallest absolute Gasteiger partial charge is 0.261 e. The summed E-state index contributed by atoms with van der Waals surface area (Å²) in [6.45, 7) is 0. The number of benzene rings is 1. The molecule has 0 saturated heterocycles. The van der Waals surface area contributed by atoms with Crippen LogP contribution in [0.15, 0.2) is 29.8 Å². The molecule has 0 aliphatic heterocycles. The van der Waals surface area contributed by atoms with Crippen molar-refractivity contribution >= 4 is 12.0 Å². The number of likely N-dealkylation sites (N-methyl/N-ethyl adjacent to an activating group) is 1. The molecule has 0 aromatic heterocycles. The fourth-order valence-corrected chi connectivity index (χ4v) is 1.22. The lowest BCUT2D eigenvalue weighted by Crippen LogP contribution is -2.19. The molecule has 0 heterocycles. The molecule has 0 spiro atoms. The van der Waals surface area contributed by atoms with Crippen molar-refractivity contribution in [3.63, 3.8) is 0 Å². The molecule has 4 heteroatoms. The van der Waals surface area contributed by atoms with Crippen molar-refractivity contribution in [1.29, 1.82) is 5.26 Å². The Hall–Kier alpha value is -2.28. The van der Waals surface area contributed by atoms with E-state index in [1.54, 1.807) is 19.2 Å². The molecular weight excluding hydrogens is 204 g/mol. The number of rotatable bonds is 3. The summed E-state index contributed by atoms with van der Waals surface area (Å²) < 4.78 is 5.12. The lowest BCUT2D eigenvalue weighted by molar-refractivity contribution is -0.116. The number of nitrogens with zero attached hydrogens (tertiary/aromatic N) is 1. The number of amides is 1. The number of ether oxygens (including phenoxy) is 1. The van der Waals surface area contributed by atoms with E-state index >= 15 is 0 Å². The molecule has 1 aromatic carbocycles. The summed E-state index contributed by atoms with van der Waals surface area (Å²) in [5.41, 5.74) is 0.747. The Morgan fingerprint density at radius 3 is 2.75 bits per heavy atom. The minimum Gasteiger partial charge on any atom is -0.496 e. The van der Waals surface area contributed by atoms with Crippen molar-refractivity contribution in [2.75, 3.05) is 14.2 Å². The Balaban J connectivity index is 3.14. The van der Waals surface area contributed by atoms with Gasteiger partial charge in [0.15, 0.2) is 0 Å². The van der Waals surface area contributed by atoms with Crippen LogP contribution in [0.25, 0.3) is 6.08 Å². The normalized spacial score (nSPS) is 10.4. The second kappa shape index (κ2) is 5.56. The van der Waals surface area contributed by atoms with Gasteiger partial charge >= 0.3 is 0 Å². The topological polar surface area (TPSA) is 62.1 Å². The molecule has 0 bridgehead atoms. The highest BCUT2D eigenvalue weighted by atomic mass is 16.5. The highest BCUT2D eigenvalue weighted by Crippen LogP contribution is 2.20. The van der Waals surface area contributed by atoms with Crippen LogP contribution in [0.4, 0.5) is 0 Å². The molecule has 16 heavy (non-hydrogen) atoms. The monoisotopic (exact) mass is 216 g/mol. The quantitative estimate of drug-likeness (QED) is 0.612. The first-order valence-corrected chi connectivity index (χ1v) is 4.69. The Bertz CT molecular complexity index is 458. The molecule has 1 N–H and O–H groups in total. The summed E-state index contributed by atoms with van der Waals surface area (Å²) in [6.07, 6.45) is 1.50. The third-order valence-corrected chi connectivity index (χ3v) is 2.03. The number of methoxy groups -OCH3 is 1. The highest BCUT2D eigenvalue weighted by Gasteiger charge is 2.07. The standard InChI is InChI=1S/C12H12N2O2/c1-14-12(15)10(8-13)7-9-5-3-4-6-11(9)16-2/h3-7H,1-2H3,(H,14,15)/b10-7-. The predicted octanol–water partition coefficient (Wildman–Crippen LogP) is 1.35. The minimum absolute atomic E-state index is 0.0481. The highest BCUT2D eigenvalue weighted by molar-refractivity contribution is 6.01. The molecule has 1 aromatic rings. The van der Waals surface area contributed by atoms with Crippen molar-refractivity contribution in [2.45, 2.75) is 0 Å². The van der Waals surface area contributed by atoms with Crippen LogP contribution >= 0.6 is 0 Å². The maximum absolute atomic E-state index is 11.3. The van der Waals surface area contributed by atoms with E-state index in [2.05, 4.69) is 5.32 Å². The van der Waals surface area contributed by atoms with Gasteiger partial charge in [0.05, 0.1) is 7.11 Å². The van der Waals surface area contributed by atoms with Crippen LogP contribution in [0.5, 0.6) is 5.75 Å². The maximum Gasteiger partial charge on any atom is 0.261 e. The summed E-state index contributed by atoms with van der Waals surface area (Å²) in [4.78, 5) is 11.3. The van der Waals surface area contributed by atoms with Crippen molar-refractivity contribution in [3.05, 3.63) is 35.4 Å². The molecule has 0 aliphatic rings. The zero-order valence-corrected chi connectivity index (χ0v) is 9.15. The molecule has 0 atom stereocenters. The summed E-state index contributed by atoms with van der Waals surface area (Å²) >= 11 is 0. The van der Waals surface area contributed by atoms with Crippen LogP contribution in [-0.2, 0) is 4.79 Å². The van der Waals surface area contributed by atoms with Gasteiger partial charge in [-0.1, -0.05) is 18.2 Å². The molecule has 0 saturated carbocycles. The van der Waals surface area contributed by atoms with Gasteiger partial charge in [0.25, 0.3) is 5.91 Å². The van der Waals surface area contributed by atoms with E-state index in [1.807, 2.05) is 18.2 Å². The molecule has 1 amide bonds. The van der Waals surface area contributed by atoms with Gasteiger partial charge in [-0.05, 0) is 12.1 Å². The Morgan fingerprint density at radius 1 is 1.50 bits per heavy atom. The van der Waals surface area contributed by atoms with Crippen molar-refractivity contribution in [3.8, 4) is 11.8 Å². The van der Waals surface area contributed by atoms with Gasteiger partial charge < -0.3 is 10.1 Å². The fraction of sp³-hybridized carbons (Fsp3) is 0.167. The average molecular weight is 216 g/mol. The molecule has 1 rings (SSSR count). The van der Waals surface area contributed by atoms with Crippen LogP contribution in [-0.4, -0.2) is 20.1 Å². The second-order valence-corrected chi connectivity index (χ2v) is 2.99. The first-order valence-electron chi connectivity index (χ1n) is 4.69. The molecule has 0 radical (unpaired) electrons. The summed E-state index contributed by atoms with van der Waals surface area (Å²) in [5, 5.41) is 11.2. The molecular formula is C12H12N2O2. The minimum atomic E-state index is -0.409. The van der Waals surface area contributed by atoms with Gasteiger partial charge in [0.1, 0.15) is 17.4 Å². The van der Waals surface area contributed by atoms with E-state index in [0.29, 0.717) is 11.3 Å². The van der Waals surface area contributed by atoms with E-state index in [9.17, 15) is 4.79 Å². The van der Waals surface area contributed by atoms with Crippen LogP contribution in [0, 0.1) is 11.3 Å². The fourth-order valence-electron chi connectivity index (χ4n) is 1.22. The Morgan fingerprint density at radius 2 is 2.19 bits per heavy atom. The number of carbonyl (C=O) groups excluding carboxylic acids is 1. The predicted molar refractivity (Wildman–Crippen MR) is 60.7 cm³/mol. The SMILES string of the molecule is CNC(=O)/C(C#N)=C\c1ccccc1OC. The Kier molecular flexibility index (Phi) is 4.10. The maximum atomic E-state index is 11.3. The van der Waals surface area contributed by atoms with Gasteiger partial charge in [-0.25, -0.2) is 0 Å². The molecule has 82 valence electrons. The third-order valence-electron chi connectivity index (χ3n) is 2.03. The van der Waals surface area contributed by atoms with E-state index in [0.717, 1.165) is 0 Å². The number of para-hydroxylation sites is 1. The van der Waals surface area contributed by atoms with Gasteiger partial charge in [-0.2, -0.15) is 5.26 Å². The summed E-state index contributed by atoms with van der Waals surface area (Å²) in [5.74, 6) is 0.215. The molecule has 0 aliphatic carbocycles. The van der Waals surface area contributed by atoms with Crippen molar-refractivity contribution in [1.82, 2.24) is 5.32 Å². The number of hydrogen-bond donors (Lipinski definition) is 1. The van der Waals surface area contributed by atoms with Gasteiger partial charge in [-0.15, -0.1) is 0 Å². The second-order valence-electron chi connectivity index (χ2n) is 2.99. The van der Waals surface area contributed by atoms with E-state index in [1.165, 1.54) is 13.1 Å². The lowest BCUT2D eigenvalue weighted by Gasteiger charge is -2.04. The molecule has 0 fully saturated rings. The molecule has 4 nitrogen and oxygen atoms in total. The average Bonchev–Trinajstić information content (AvgIpc) is 2.35. The number of nitriles is 1. The van der Waals surface area contributed by atoms with E-state index < -0.39 is 5.91 Å². The van der Waals surface area contributed by atoms with Gasteiger partial charge in [-0.3, -0.25) is 4.79 Å². The number of hydrogen-bond acceptors (Lipinski definition) is 3. The summed E-state index contributed by atoms with van der Waals surface area (Å²) in [7, 11) is 3.02. The lowest BCUT2D eigenvalue weighted by atomic mass is 10.1. The van der Waals surface area contributed by atoms with Crippen LogP contribution < -0.4 is 10.1 Å². The first-order chi connectivity index (χ1) is 7.72. The largest absolute Gasteiger partial charge is 0.496 e. The van der Waals surface area contributed by atoms with Gasteiger partial charge in [0, 0.05) is 12.6 Å². The molecule has 0 unspecified atom stereocenters. The van der Waals surface area contributed by atoms with Crippen molar-refractivity contribution in [2.24, 2.45) is 0 Å². The first kappa shape index (κ1) is 11.8. The number of carbonyl (C=O) groups is 1.